The van der Waals surface area contributed by atoms with Crippen LogP contribution in [0.25, 0.3) is 0 Å². The number of hydrogen-bond acceptors (Lipinski definition) is 4. The number of aromatic nitrogens is 3. The SMILES string of the molecule is CC(C)n1nccc1NC(=O)c1ccnc(N)c1F. The molecule has 0 aliphatic heterocycles. The van der Waals surface area contributed by atoms with Crippen LogP contribution in [0.2, 0.25) is 0 Å². The van der Waals surface area contributed by atoms with Gasteiger partial charge < -0.3 is 11.1 Å². The molecule has 100 valence electrons. The number of nitrogen functional groups attached to an aromatic ring is 1. The summed E-state index contributed by atoms with van der Waals surface area (Å²) in [6.07, 6.45) is 2.85. The molecule has 0 aliphatic rings. The number of amides is 1. The molecule has 0 aromatic carbocycles. The van der Waals surface area contributed by atoms with Crippen LogP contribution in [0.15, 0.2) is 24.5 Å². The summed E-state index contributed by atoms with van der Waals surface area (Å²) in [7, 11) is 0. The summed E-state index contributed by atoms with van der Waals surface area (Å²) in [4.78, 5) is 15.6. The normalized spacial score (nSPS) is 10.7. The first kappa shape index (κ1) is 13.0. The molecule has 0 fully saturated rings. The van der Waals surface area contributed by atoms with Crippen molar-refractivity contribution in [2.24, 2.45) is 0 Å². The number of hydrogen-bond donors (Lipinski definition) is 2. The van der Waals surface area contributed by atoms with Gasteiger partial charge in [0, 0.05) is 18.3 Å². The minimum Gasteiger partial charge on any atom is -0.381 e. The smallest absolute Gasteiger partial charge is 0.259 e. The van der Waals surface area contributed by atoms with Crippen molar-refractivity contribution in [2.75, 3.05) is 11.1 Å². The zero-order valence-corrected chi connectivity index (χ0v) is 10.6. The molecule has 7 heteroatoms. The van der Waals surface area contributed by atoms with E-state index in [-0.39, 0.29) is 17.4 Å². The van der Waals surface area contributed by atoms with E-state index in [4.69, 9.17) is 5.73 Å². The Hall–Kier alpha value is -2.44. The molecule has 2 aromatic heterocycles. The number of rotatable bonds is 3. The quantitative estimate of drug-likeness (QED) is 0.884. The van der Waals surface area contributed by atoms with Gasteiger partial charge in [0.15, 0.2) is 11.6 Å². The minimum atomic E-state index is -0.824. The Morgan fingerprint density at radius 3 is 2.84 bits per heavy atom. The number of pyridine rings is 1. The molecule has 2 heterocycles. The van der Waals surface area contributed by atoms with Crippen LogP contribution in [-0.4, -0.2) is 20.7 Å². The van der Waals surface area contributed by atoms with Crippen molar-refractivity contribution >= 4 is 17.5 Å². The van der Waals surface area contributed by atoms with Crippen LogP contribution in [-0.2, 0) is 0 Å². The molecule has 19 heavy (non-hydrogen) atoms. The highest BCUT2D eigenvalue weighted by Crippen LogP contribution is 2.17. The van der Waals surface area contributed by atoms with Crippen molar-refractivity contribution in [1.29, 1.82) is 0 Å². The number of carbonyl (C=O) groups excluding carboxylic acids is 1. The summed E-state index contributed by atoms with van der Waals surface area (Å²) in [5.41, 5.74) is 5.18. The van der Waals surface area contributed by atoms with Crippen molar-refractivity contribution in [3.63, 3.8) is 0 Å². The van der Waals surface area contributed by atoms with Crippen LogP contribution in [0.4, 0.5) is 16.0 Å². The molecular formula is C12H14FN5O. The molecule has 0 aliphatic carbocycles. The summed E-state index contributed by atoms with van der Waals surface area (Å²) in [5, 5.41) is 6.67. The van der Waals surface area contributed by atoms with Crippen molar-refractivity contribution in [3.05, 3.63) is 35.9 Å². The second-order valence-corrected chi connectivity index (χ2v) is 4.27. The van der Waals surface area contributed by atoms with Crippen LogP contribution in [0.1, 0.15) is 30.2 Å². The van der Waals surface area contributed by atoms with Gasteiger partial charge in [0.1, 0.15) is 5.82 Å². The van der Waals surface area contributed by atoms with Gasteiger partial charge in [0.25, 0.3) is 5.91 Å². The van der Waals surface area contributed by atoms with E-state index in [0.717, 1.165) is 0 Å². The Balaban J connectivity index is 2.26. The summed E-state index contributed by atoms with van der Waals surface area (Å²) in [5.74, 6) is -1.22. The number of carbonyl (C=O) groups is 1. The second-order valence-electron chi connectivity index (χ2n) is 4.27. The second kappa shape index (κ2) is 5.05. The highest BCUT2D eigenvalue weighted by Gasteiger charge is 2.16. The van der Waals surface area contributed by atoms with E-state index in [1.807, 2.05) is 13.8 Å². The first-order chi connectivity index (χ1) is 9.00. The first-order valence-corrected chi connectivity index (χ1v) is 5.75. The van der Waals surface area contributed by atoms with E-state index in [1.54, 1.807) is 16.9 Å². The maximum atomic E-state index is 13.7. The van der Waals surface area contributed by atoms with Crippen LogP contribution in [0, 0.1) is 5.82 Å². The van der Waals surface area contributed by atoms with E-state index in [0.29, 0.717) is 5.82 Å². The molecule has 0 saturated heterocycles. The lowest BCUT2D eigenvalue weighted by molar-refractivity contribution is 0.102. The maximum absolute atomic E-state index is 13.7. The standard InChI is InChI=1S/C12H14FN5O/c1-7(2)18-9(4-6-16-18)17-12(19)8-3-5-15-11(14)10(8)13/h3-7H,1-2H3,(H2,14,15)(H,17,19). The zero-order chi connectivity index (χ0) is 14.0. The van der Waals surface area contributed by atoms with Crippen molar-refractivity contribution < 1.29 is 9.18 Å². The Morgan fingerprint density at radius 1 is 1.42 bits per heavy atom. The van der Waals surface area contributed by atoms with E-state index in [1.165, 1.54) is 12.3 Å². The van der Waals surface area contributed by atoms with Gasteiger partial charge in [0.2, 0.25) is 0 Å². The van der Waals surface area contributed by atoms with Crippen molar-refractivity contribution in [2.45, 2.75) is 19.9 Å². The molecule has 0 atom stereocenters. The Kier molecular flexibility index (Phi) is 3.46. The number of halogens is 1. The number of nitrogens with zero attached hydrogens (tertiary/aromatic N) is 3. The largest absolute Gasteiger partial charge is 0.381 e. The molecule has 3 N–H and O–H groups in total. The van der Waals surface area contributed by atoms with Crippen molar-refractivity contribution in [3.8, 4) is 0 Å². The molecule has 0 spiro atoms. The van der Waals surface area contributed by atoms with Crippen LogP contribution < -0.4 is 11.1 Å². The topological polar surface area (TPSA) is 85.8 Å². The first-order valence-electron chi connectivity index (χ1n) is 5.75. The number of anilines is 2. The summed E-state index contributed by atoms with van der Waals surface area (Å²) >= 11 is 0. The molecule has 0 unspecified atom stereocenters. The monoisotopic (exact) mass is 263 g/mol. The lowest BCUT2D eigenvalue weighted by atomic mass is 10.2. The van der Waals surface area contributed by atoms with Gasteiger partial charge in [-0.05, 0) is 19.9 Å². The van der Waals surface area contributed by atoms with E-state index >= 15 is 0 Å². The van der Waals surface area contributed by atoms with Gasteiger partial charge in [-0.3, -0.25) is 4.79 Å². The fraction of sp³-hybridized carbons (Fsp3) is 0.250. The fourth-order valence-electron chi connectivity index (χ4n) is 1.64. The summed E-state index contributed by atoms with van der Waals surface area (Å²) in [6.45, 7) is 3.85. The van der Waals surface area contributed by atoms with Crippen LogP contribution >= 0.6 is 0 Å². The van der Waals surface area contributed by atoms with Gasteiger partial charge in [-0.2, -0.15) is 5.10 Å². The molecule has 2 aromatic rings. The average Bonchev–Trinajstić information content (AvgIpc) is 2.80. The summed E-state index contributed by atoms with van der Waals surface area (Å²) < 4.78 is 15.3. The van der Waals surface area contributed by atoms with E-state index in [9.17, 15) is 9.18 Å². The molecule has 1 amide bonds. The zero-order valence-electron chi connectivity index (χ0n) is 10.6. The predicted molar refractivity (Wildman–Crippen MR) is 69.2 cm³/mol. The van der Waals surface area contributed by atoms with Crippen LogP contribution in [0.5, 0.6) is 0 Å². The third-order valence-electron chi connectivity index (χ3n) is 2.56. The lowest BCUT2D eigenvalue weighted by Gasteiger charge is -2.12. The highest BCUT2D eigenvalue weighted by atomic mass is 19.1. The molecule has 6 nitrogen and oxygen atoms in total. The molecule has 2 rings (SSSR count). The van der Waals surface area contributed by atoms with Gasteiger partial charge in [-0.15, -0.1) is 0 Å². The third kappa shape index (κ3) is 2.54. The van der Waals surface area contributed by atoms with E-state index < -0.39 is 11.7 Å². The predicted octanol–water partition coefficient (Wildman–Crippen LogP) is 1.83. The molecule has 0 radical (unpaired) electrons. The Bertz CT molecular complexity index is 608. The van der Waals surface area contributed by atoms with Gasteiger partial charge in [-0.1, -0.05) is 0 Å². The number of nitrogens with two attached hydrogens (primary N) is 1. The Morgan fingerprint density at radius 2 is 2.16 bits per heavy atom. The maximum Gasteiger partial charge on any atom is 0.259 e. The van der Waals surface area contributed by atoms with Crippen LogP contribution in [0.3, 0.4) is 0 Å². The molecule has 0 saturated carbocycles. The average molecular weight is 263 g/mol. The highest BCUT2D eigenvalue weighted by molar-refractivity contribution is 6.04. The van der Waals surface area contributed by atoms with E-state index in [2.05, 4.69) is 15.4 Å². The van der Waals surface area contributed by atoms with Crippen molar-refractivity contribution in [1.82, 2.24) is 14.8 Å². The molecular weight excluding hydrogens is 249 g/mol. The summed E-state index contributed by atoms with van der Waals surface area (Å²) in [6, 6.07) is 3.00. The molecule has 0 bridgehead atoms. The number of nitrogens with one attached hydrogen (secondary N) is 1. The third-order valence-corrected chi connectivity index (χ3v) is 2.56. The van der Waals surface area contributed by atoms with Gasteiger partial charge in [-0.25, -0.2) is 14.1 Å². The minimum absolute atomic E-state index is 0.0812. The fourth-order valence-corrected chi connectivity index (χ4v) is 1.64. The lowest BCUT2D eigenvalue weighted by Crippen LogP contribution is -2.18. The van der Waals surface area contributed by atoms with Gasteiger partial charge >= 0.3 is 0 Å². The Labute approximate surface area is 109 Å². The van der Waals surface area contributed by atoms with Gasteiger partial charge in [0.05, 0.1) is 11.8 Å².